The van der Waals surface area contributed by atoms with Crippen LogP contribution in [0.1, 0.15) is 316 Å². The van der Waals surface area contributed by atoms with Crippen LogP contribution in [0, 0.1) is 0 Å². The van der Waals surface area contributed by atoms with Gasteiger partial charge in [0.25, 0.3) is 0 Å². The van der Waals surface area contributed by atoms with Crippen LogP contribution >= 0.6 is 0 Å². The van der Waals surface area contributed by atoms with E-state index in [-0.39, 0.29) is 31.1 Å². The maximum Gasteiger partial charge on any atom is 0.306 e. The average molecular weight is 1070 g/mol. The van der Waals surface area contributed by atoms with Crippen molar-refractivity contribution in [2.45, 2.75) is 322 Å². The van der Waals surface area contributed by atoms with Gasteiger partial charge in [-0.05, 0) is 122 Å². The molecular weight excluding hydrogens is 949 g/mol. The number of unbranched alkanes of at least 4 members (excludes halogenated alkanes) is 32. The molecular formula is C71H122O6. The highest BCUT2D eigenvalue weighted by Gasteiger charge is 2.19. The normalized spacial score (nSPS) is 12.7. The Bertz CT molecular complexity index is 1510. The van der Waals surface area contributed by atoms with Gasteiger partial charge in [-0.3, -0.25) is 14.4 Å². The summed E-state index contributed by atoms with van der Waals surface area (Å²) in [4.78, 5) is 38.4. The van der Waals surface area contributed by atoms with Crippen LogP contribution in [-0.2, 0) is 28.6 Å². The number of allylic oxidation sites excluding steroid dienone is 16. The van der Waals surface area contributed by atoms with E-state index >= 15 is 0 Å². The van der Waals surface area contributed by atoms with Crippen LogP contribution in [-0.4, -0.2) is 37.2 Å². The van der Waals surface area contributed by atoms with Crippen molar-refractivity contribution in [2.75, 3.05) is 13.2 Å². The van der Waals surface area contributed by atoms with Crippen LogP contribution in [0.5, 0.6) is 0 Å². The number of rotatable bonds is 59. The monoisotopic (exact) mass is 1070 g/mol. The lowest BCUT2D eigenvalue weighted by Crippen LogP contribution is -2.30. The SMILES string of the molecule is CC/C=C\C/C=C\C/C=C\C/C=C\CCCCCCCCCCCCCCC(=O)OCC(COC(=O)CCCCCCC/C=C\C/C=C\CCCCCC)OC(=O)CCCCCCCCC/C=C\C/C=C\CCCCCC. The van der Waals surface area contributed by atoms with Crippen molar-refractivity contribution >= 4 is 17.9 Å². The number of hydrogen-bond donors (Lipinski definition) is 0. The third kappa shape index (κ3) is 63.0. The summed E-state index contributed by atoms with van der Waals surface area (Å²) in [5.74, 6) is -0.898. The summed E-state index contributed by atoms with van der Waals surface area (Å²) in [6.07, 6.45) is 86.9. The van der Waals surface area contributed by atoms with Crippen LogP contribution < -0.4 is 0 Å². The Morgan fingerprint density at radius 2 is 0.506 bits per heavy atom. The Hall–Kier alpha value is -3.67. The molecule has 0 bridgehead atoms. The largest absolute Gasteiger partial charge is 0.462 e. The minimum absolute atomic E-state index is 0.0854. The minimum Gasteiger partial charge on any atom is -0.462 e. The predicted molar refractivity (Wildman–Crippen MR) is 334 cm³/mol. The first-order valence-electron chi connectivity index (χ1n) is 32.7. The zero-order chi connectivity index (χ0) is 55.7. The van der Waals surface area contributed by atoms with Crippen LogP contribution in [0.2, 0.25) is 0 Å². The Morgan fingerprint density at radius 3 is 0.792 bits per heavy atom. The Labute approximate surface area is 477 Å². The van der Waals surface area contributed by atoms with Gasteiger partial charge in [0, 0.05) is 19.3 Å². The van der Waals surface area contributed by atoms with E-state index < -0.39 is 6.10 Å². The van der Waals surface area contributed by atoms with E-state index in [1.54, 1.807) is 0 Å². The lowest BCUT2D eigenvalue weighted by molar-refractivity contribution is -0.167. The van der Waals surface area contributed by atoms with Crippen LogP contribution in [0.3, 0.4) is 0 Å². The Kier molecular flexibility index (Phi) is 61.8. The van der Waals surface area contributed by atoms with Crippen molar-refractivity contribution in [3.05, 3.63) is 97.2 Å². The molecule has 0 heterocycles. The third-order valence-corrected chi connectivity index (χ3v) is 14.0. The molecule has 0 aliphatic rings. The minimum atomic E-state index is -0.790. The van der Waals surface area contributed by atoms with E-state index in [1.807, 2.05) is 0 Å². The molecule has 6 nitrogen and oxygen atoms in total. The van der Waals surface area contributed by atoms with Gasteiger partial charge >= 0.3 is 17.9 Å². The third-order valence-electron chi connectivity index (χ3n) is 14.0. The van der Waals surface area contributed by atoms with Crippen molar-refractivity contribution in [1.29, 1.82) is 0 Å². The molecule has 0 amide bonds. The molecule has 0 aromatic rings. The van der Waals surface area contributed by atoms with Crippen molar-refractivity contribution in [2.24, 2.45) is 0 Å². The maximum absolute atomic E-state index is 12.9. The highest BCUT2D eigenvalue weighted by molar-refractivity contribution is 5.71. The van der Waals surface area contributed by atoms with Crippen molar-refractivity contribution in [1.82, 2.24) is 0 Å². The molecule has 0 fully saturated rings. The van der Waals surface area contributed by atoms with Gasteiger partial charge in [-0.2, -0.15) is 0 Å². The molecule has 0 aliphatic carbocycles. The molecule has 0 N–H and O–H groups in total. The summed E-state index contributed by atoms with van der Waals surface area (Å²) in [6, 6.07) is 0. The molecule has 0 rings (SSSR count). The molecule has 0 aliphatic heterocycles. The summed E-state index contributed by atoms with van der Waals surface area (Å²) in [6.45, 7) is 6.50. The van der Waals surface area contributed by atoms with E-state index in [4.69, 9.17) is 14.2 Å². The molecule has 0 aromatic carbocycles. The maximum atomic E-state index is 12.9. The lowest BCUT2D eigenvalue weighted by atomic mass is 10.0. The lowest BCUT2D eigenvalue weighted by Gasteiger charge is -2.18. The fourth-order valence-corrected chi connectivity index (χ4v) is 9.14. The second-order valence-electron chi connectivity index (χ2n) is 21.6. The van der Waals surface area contributed by atoms with Gasteiger partial charge in [0.15, 0.2) is 6.10 Å². The molecule has 0 spiro atoms. The van der Waals surface area contributed by atoms with Gasteiger partial charge in [-0.15, -0.1) is 0 Å². The van der Waals surface area contributed by atoms with E-state index in [9.17, 15) is 14.4 Å². The second-order valence-corrected chi connectivity index (χ2v) is 21.6. The zero-order valence-electron chi connectivity index (χ0n) is 50.7. The van der Waals surface area contributed by atoms with Crippen molar-refractivity contribution < 1.29 is 28.6 Å². The van der Waals surface area contributed by atoms with Crippen LogP contribution in [0.15, 0.2) is 97.2 Å². The van der Waals surface area contributed by atoms with E-state index in [0.29, 0.717) is 19.3 Å². The smallest absolute Gasteiger partial charge is 0.306 e. The number of esters is 3. The fourth-order valence-electron chi connectivity index (χ4n) is 9.14. The molecule has 6 heteroatoms. The number of hydrogen-bond acceptors (Lipinski definition) is 6. The standard InChI is InChI=1S/C71H122O6/c1-4-7-10-13-16-19-22-25-28-31-33-34-35-36-37-38-39-41-43-46-49-52-55-58-61-64-70(73)76-67-68(66-75-69(72)63-60-57-54-51-48-45-42-30-27-24-21-18-15-12-9-6-3)77-71(74)65-62-59-56-53-50-47-44-40-32-29-26-23-20-17-14-11-8-5-2/h7,10,16,19-21,23-25,28-30,32-34,42,68H,4-6,8-9,11-15,17-18,22,26-27,31,35-41,43-67H2,1-3H3/b10-7-,19-16-,23-20-,24-21-,28-25-,32-29-,34-33-,42-30-. The van der Waals surface area contributed by atoms with Gasteiger partial charge in [0.05, 0.1) is 0 Å². The van der Waals surface area contributed by atoms with E-state index in [0.717, 1.165) is 116 Å². The highest BCUT2D eigenvalue weighted by Crippen LogP contribution is 2.16. The summed E-state index contributed by atoms with van der Waals surface area (Å²) >= 11 is 0. The molecule has 0 aromatic heterocycles. The molecule has 0 saturated carbocycles. The van der Waals surface area contributed by atoms with Gasteiger partial charge in [0.1, 0.15) is 13.2 Å². The highest BCUT2D eigenvalue weighted by atomic mass is 16.6. The first-order valence-corrected chi connectivity index (χ1v) is 32.7. The first-order chi connectivity index (χ1) is 38.0. The van der Waals surface area contributed by atoms with Crippen LogP contribution in [0.4, 0.5) is 0 Å². The second kappa shape index (κ2) is 64.9. The van der Waals surface area contributed by atoms with E-state index in [1.165, 1.54) is 161 Å². The molecule has 0 radical (unpaired) electrons. The predicted octanol–water partition coefficient (Wildman–Crippen LogP) is 22.4. The topological polar surface area (TPSA) is 78.9 Å². The van der Waals surface area contributed by atoms with E-state index in [2.05, 4.69) is 118 Å². The van der Waals surface area contributed by atoms with Gasteiger partial charge < -0.3 is 14.2 Å². The van der Waals surface area contributed by atoms with Gasteiger partial charge in [-0.1, -0.05) is 272 Å². The molecule has 77 heavy (non-hydrogen) atoms. The fraction of sp³-hybridized carbons (Fsp3) is 0.732. The summed E-state index contributed by atoms with van der Waals surface area (Å²) in [5, 5.41) is 0. The average Bonchev–Trinajstić information content (AvgIpc) is 3.43. The summed E-state index contributed by atoms with van der Waals surface area (Å²) in [5.41, 5.74) is 0. The zero-order valence-corrected chi connectivity index (χ0v) is 50.7. The number of carbonyl (C=O) groups is 3. The number of ether oxygens (including phenoxy) is 3. The quantitative estimate of drug-likeness (QED) is 0.0261. The number of carbonyl (C=O) groups excluding carboxylic acids is 3. The molecule has 442 valence electrons. The molecule has 1 unspecified atom stereocenters. The van der Waals surface area contributed by atoms with Crippen molar-refractivity contribution in [3.63, 3.8) is 0 Å². The Balaban J connectivity index is 4.36. The summed E-state index contributed by atoms with van der Waals surface area (Å²) < 4.78 is 16.9. The van der Waals surface area contributed by atoms with Gasteiger partial charge in [0.2, 0.25) is 0 Å². The molecule has 0 saturated heterocycles. The first kappa shape index (κ1) is 73.3. The Morgan fingerprint density at radius 1 is 0.273 bits per heavy atom. The van der Waals surface area contributed by atoms with Crippen molar-refractivity contribution in [3.8, 4) is 0 Å². The molecule has 1 atom stereocenters. The van der Waals surface area contributed by atoms with Crippen LogP contribution in [0.25, 0.3) is 0 Å². The van der Waals surface area contributed by atoms with Gasteiger partial charge in [-0.25, -0.2) is 0 Å². The summed E-state index contributed by atoms with van der Waals surface area (Å²) in [7, 11) is 0.